The highest BCUT2D eigenvalue weighted by Crippen LogP contribution is 2.11. The van der Waals surface area contributed by atoms with Crippen LogP contribution in [0.1, 0.15) is 24.5 Å². The topological polar surface area (TPSA) is 108 Å². The summed E-state index contributed by atoms with van der Waals surface area (Å²) in [5, 5.41) is 2.68. The zero-order valence-electron chi connectivity index (χ0n) is 17.4. The van der Waals surface area contributed by atoms with Crippen molar-refractivity contribution < 1.29 is 9.53 Å². The molecule has 0 aliphatic carbocycles. The van der Waals surface area contributed by atoms with Crippen molar-refractivity contribution in [2.45, 2.75) is 39.5 Å². The molecule has 0 saturated heterocycles. The van der Waals surface area contributed by atoms with Crippen molar-refractivity contribution in [1.29, 1.82) is 0 Å². The van der Waals surface area contributed by atoms with Gasteiger partial charge >= 0.3 is 11.8 Å². The third kappa shape index (κ3) is 5.85. The molecule has 3 rings (SSSR count). The van der Waals surface area contributed by atoms with Crippen molar-refractivity contribution >= 4 is 17.6 Å². The Morgan fingerprint density at radius 3 is 2.35 bits per heavy atom. The second kappa shape index (κ2) is 10.3. The molecule has 0 saturated carbocycles. The van der Waals surface area contributed by atoms with Crippen molar-refractivity contribution in [3.8, 4) is 0 Å². The van der Waals surface area contributed by atoms with Crippen LogP contribution in [-0.4, -0.2) is 15.2 Å². The number of nitrogens with one attached hydrogen (secondary N) is 1. The maximum atomic E-state index is 12.5. The number of nitrogens with zero attached hydrogens (tertiary/aromatic N) is 2. The molecular formula is C23H26N4O4. The monoisotopic (exact) mass is 422 g/mol. The summed E-state index contributed by atoms with van der Waals surface area (Å²) in [6, 6.07) is 17.9. The summed E-state index contributed by atoms with van der Waals surface area (Å²) in [7, 11) is 0. The van der Waals surface area contributed by atoms with Gasteiger partial charge in [-0.2, -0.15) is 0 Å². The minimum atomic E-state index is -0.540. The smallest absolute Gasteiger partial charge is 0.411 e. The fourth-order valence-corrected chi connectivity index (χ4v) is 3.16. The third-order valence-electron chi connectivity index (χ3n) is 4.80. The molecule has 0 aliphatic rings. The number of amides is 1. The lowest BCUT2D eigenvalue weighted by Crippen LogP contribution is -2.40. The summed E-state index contributed by atoms with van der Waals surface area (Å²) in [5.41, 5.74) is 7.42. The molecule has 0 aliphatic heterocycles. The maximum Gasteiger partial charge on any atom is 0.411 e. The molecule has 3 aromatic rings. The number of anilines is 2. The average molecular weight is 422 g/mol. The molecule has 8 nitrogen and oxygen atoms in total. The van der Waals surface area contributed by atoms with E-state index >= 15 is 0 Å². The van der Waals surface area contributed by atoms with E-state index in [9.17, 15) is 14.4 Å². The van der Waals surface area contributed by atoms with Gasteiger partial charge in [-0.1, -0.05) is 49.4 Å². The lowest BCUT2D eigenvalue weighted by atomic mass is 10.1. The largest absolute Gasteiger partial charge is 0.444 e. The quantitative estimate of drug-likeness (QED) is 0.580. The van der Waals surface area contributed by atoms with Gasteiger partial charge in [0.1, 0.15) is 12.4 Å². The SMILES string of the molecule is CCCn1c(N)cc(=O)n(CCc2ccc(NC(=O)OCc3ccccc3)cc2)c1=O. The maximum absolute atomic E-state index is 12.5. The molecule has 0 spiro atoms. The van der Waals surface area contributed by atoms with Crippen LogP contribution in [0.2, 0.25) is 0 Å². The van der Waals surface area contributed by atoms with Crippen molar-refractivity contribution in [2.24, 2.45) is 0 Å². The summed E-state index contributed by atoms with van der Waals surface area (Å²) in [6.07, 6.45) is 0.690. The molecule has 162 valence electrons. The summed E-state index contributed by atoms with van der Waals surface area (Å²) in [6.45, 7) is 2.84. The van der Waals surface area contributed by atoms with Crippen LogP contribution >= 0.6 is 0 Å². The highest BCUT2D eigenvalue weighted by Gasteiger charge is 2.09. The highest BCUT2D eigenvalue weighted by molar-refractivity contribution is 5.84. The zero-order chi connectivity index (χ0) is 22.2. The molecule has 2 aromatic carbocycles. The Bertz CT molecular complexity index is 1130. The Hall–Kier alpha value is -3.81. The normalized spacial score (nSPS) is 10.6. The predicted molar refractivity (Wildman–Crippen MR) is 120 cm³/mol. The third-order valence-corrected chi connectivity index (χ3v) is 4.80. The van der Waals surface area contributed by atoms with Crippen molar-refractivity contribution in [1.82, 2.24) is 9.13 Å². The summed E-state index contributed by atoms with van der Waals surface area (Å²) in [5.74, 6) is 0.183. The van der Waals surface area contributed by atoms with Crippen LogP contribution < -0.4 is 22.3 Å². The molecule has 3 N–H and O–H groups in total. The minimum Gasteiger partial charge on any atom is -0.444 e. The van der Waals surface area contributed by atoms with E-state index in [0.29, 0.717) is 18.7 Å². The lowest BCUT2D eigenvalue weighted by Gasteiger charge is -2.12. The number of rotatable bonds is 8. The number of ether oxygens (including phenoxy) is 1. The van der Waals surface area contributed by atoms with E-state index in [1.54, 1.807) is 12.1 Å². The van der Waals surface area contributed by atoms with Crippen molar-refractivity contribution in [3.05, 3.63) is 92.6 Å². The van der Waals surface area contributed by atoms with E-state index in [4.69, 9.17) is 10.5 Å². The van der Waals surface area contributed by atoms with Gasteiger partial charge in [0, 0.05) is 24.8 Å². The standard InChI is InChI=1S/C23H26N4O4/c1-2-13-26-20(24)15-21(28)27(23(26)30)14-12-17-8-10-19(11-9-17)25-22(29)31-16-18-6-4-3-5-7-18/h3-11,15H,2,12-14,16,24H2,1H3,(H,25,29). The van der Waals surface area contributed by atoms with Gasteiger partial charge in [0.05, 0.1) is 0 Å². The van der Waals surface area contributed by atoms with E-state index in [1.165, 1.54) is 15.2 Å². The van der Waals surface area contributed by atoms with Gasteiger partial charge in [-0.15, -0.1) is 0 Å². The molecule has 0 bridgehead atoms. The number of aromatic nitrogens is 2. The number of hydrogen-bond acceptors (Lipinski definition) is 5. The summed E-state index contributed by atoms with van der Waals surface area (Å²) in [4.78, 5) is 36.7. The Kier molecular flexibility index (Phi) is 7.26. The van der Waals surface area contributed by atoms with E-state index < -0.39 is 17.3 Å². The van der Waals surface area contributed by atoms with Crippen LogP contribution in [0.25, 0.3) is 0 Å². The average Bonchev–Trinajstić information content (AvgIpc) is 2.77. The van der Waals surface area contributed by atoms with E-state index in [-0.39, 0.29) is 19.0 Å². The van der Waals surface area contributed by atoms with E-state index in [1.807, 2.05) is 49.4 Å². The second-order valence-corrected chi connectivity index (χ2v) is 7.13. The fourth-order valence-electron chi connectivity index (χ4n) is 3.16. The van der Waals surface area contributed by atoms with Gasteiger partial charge in [0.2, 0.25) is 0 Å². The van der Waals surface area contributed by atoms with Crippen LogP contribution in [0.15, 0.2) is 70.3 Å². The first kappa shape index (κ1) is 21.9. The van der Waals surface area contributed by atoms with Crippen LogP contribution in [0.5, 0.6) is 0 Å². The molecule has 31 heavy (non-hydrogen) atoms. The van der Waals surface area contributed by atoms with Gasteiger partial charge in [0.15, 0.2) is 0 Å². The minimum absolute atomic E-state index is 0.183. The number of nitrogens with two attached hydrogens (primary N) is 1. The van der Waals surface area contributed by atoms with E-state index in [2.05, 4.69) is 5.32 Å². The lowest BCUT2D eigenvalue weighted by molar-refractivity contribution is 0.155. The number of hydrogen-bond donors (Lipinski definition) is 2. The van der Waals surface area contributed by atoms with E-state index in [0.717, 1.165) is 17.5 Å². The molecular weight excluding hydrogens is 396 g/mol. The zero-order valence-corrected chi connectivity index (χ0v) is 17.4. The molecule has 0 fully saturated rings. The molecule has 1 aromatic heterocycles. The van der Waals surface area contributed by atoms with Crippen molar-refractivity contribution in [2.75, 3.05) is 11.1 Å². The Balaban J connectivity index is 1.57. The van der Waals surface area contributed by atoms with Crippen LogP contribution in [0, 0.1) is 0 Å². The summed E-state index contributed by atoms with van der Waals surface area (Å²) >= 11 is 0. The Labute approximate surface area is 179 Å². The number of aryl methyl sites for hydroxylation is 1. The van der Waals surface area contributed by atoms with Gasteiger partial charge in [0.25, 0.3) is 5.56 Å². The highest BCUT2D eigenvalue weighted by atomic mass is 16.5. The molecule has 0 unspecified atom stereocenters. The summed E-state index contributed by atoms with van der Waals surface area (Å²) < 4.78 is 7.80. The van der Waals surface area contributed by atoms with Crippen LogP contribution in [-0.2, 0) is 30.9 Å². The first-order valence-corrected chi connectivity index (χ1v) is 10.1. The first-order chi connectivity index (χ1) is 15.0. The first-order valence-electron chi connectivity index (χ1n) is 10.1. The van der Waals surface area contributed by atoms with Crippen LogP contribution in [0.4, 0.5) is 16.3 Å². The number of benzene rings is 2. The molecule has 1 amide bonds. The van der Waals surface area contributed by atoms with Crippen LogP contribution in [0.3, 0.4) is 0 Å². The fraction of sp³-hybridized carbons (Fsp3) is 0.261. The molecule has 1 heterocycles. The predicted octanol–water partition coefficient (Wildman–Crippen LogP) is 2.99. The second-order valence-electron chi connectivity index (χ2n) is 7.13. The van der Waals surface area contributed by atoms with Gasteiger partial charge in [-0.3, -0.25) is 19.2 Å². The molecule has 0 atom stereocenters. The number of carbonyl (C=O) groups excluding carboxylic acids is 1. The Morgan fingerprint density at radius 2 is 1.68 bits per heavy atom. The molecule has 8 heteroatoms. The van der Waals surface area contributed by atoms with Gasteiger partial charge in [-0.05, 0) is 36.1 Å². The molecule has 0 radical (unpaired) electrons. The van der Waals surface area contributed by atoms with Gasteiger partial charge in [-0.25, -0.2) is 9.59 Å². The number of nitrogen functional groups attached to an aromatic ring is 1. The van der Waals surface area contributed by atoms with Gasteiger partial charge < -0.3 is 10.5 Å². The number of carbonyl (C=O) groups is 1. The Morgan fingerprint density at radius 1 is 0.968 bits per heavy atom. The van der Waals surface area contributed by atoms with Crippen molar-refractivity contribution in [3.63, 3.8) is 0 Å².